The largest absolute Gasteiger partial charge is 0.348 e. The molecule has 2 aliphatic rings. The number of likely N-dealkylation sites (N-methyl/N-ethyl adjacent to an activating group) is 2. The van der Waals surface area contributed by atoms with Crippen molar-refractivity contribution >= 4 is 17.8 Å². The first kappa shape index (κ1) is 18.1. The Labute approximate surface area is 151 Å². The van der Waals surface area contributed by atoms with Crippen molar-refractivity contribution < 1.29 is 14.4 Å². The Bertz CT molecular complexity index is 838. The molecular formula is C17H23N5O4. The number of hydrogen-bond donors (Lipinski definition) is 0. The van der Waals surface area contributed by atoms with Gasteiger partial charge in [0.1, 0.15) is 12.1 Å². The van der Waals surface area contributed by atoms with Gasteiger partial charge in [0.2, 0.25) is 5.91 Å². The van der Waals surface area contributed by atoms with E-state index in [0.717, 1.165) is 4.90 Å². The highest BCUT2D eigenvalue weighted by Crippen LogP contribution is 2.35. The number of aryl methyl sites for hydroxylation is 2. The average Bonchev–Trinajstić information content (AvgIpc) is 2.75. The van der Waals surface area contributed by atoms with Gasteiger partial charge in [-0.3, -0.25) is 19.1 Å². The van der Waals surface area contributed by atoms with Gasteiger partial charge in [-0.05, 0) is 32.8 Å². The van der Waals surface area contributed by atoms with Gasteiger partial charge in [-0.15, -0.1) is 0 Å². The molecule has 0 radical (unpaired) electrons. The summed E-state index contributed by atoms with van der Waals surface area (Å²) in [6.45, 7) is 4.15. The number of piperidine rings is 1. The molecule has 2 saturated heterocycles. The number of likely N-dealkylation sites (tertiary alicyclic amines) is 1. The molecule has 2 aliphatic heterocycles. The lowest BCUT2D eigenvalue weighted by atomic mass is 9.86. The predicted octanol–water partition coefficient (Wildman–Crippen LogP) is -0.255. The van der Waals surface area contributed by atoms with Crippen LogP contribution in [-0.4, -0.2) is 74.8 Å². The highest BCUT2D eigenvalue weighted by molar-refractivity contribution is 6.06. The molecule has 3 rings (SSSR count). The number of aromatic nitrogens is 2. The van der Waals surface area contributed by atoms with E-state index in [2.05, 4.69) is 4.98 Å². The minimum absolute atomic E-state index is 0.0758. The van der Waals surface area contributed by atoms with Crippen LogP contribution in [-0.2, 0) is 16.1 Å². The first-order valence-electron chi connectivity index (χ1n) is 8.56. The molecule has 0 N–H and O–H groups in total. The SMILES string of the molecule is Cc1cc(C)n(CC(=O)N2CCC3(CC2)C(=O)N(C)C(=O)N3C)c(=O)n1. The third-order valence-corrected chi connectivity index (χ3v) is 5.50. The van der Waals surface area contributed by atoms with E-state index in [1.165, 1.54) is 16.5 Å². The van der Waals surface area contributed by atoms with Crippen molar-refractivity contribution in [3.63, 3.8) is 0 Å². The van der Waals surface area contributed by atoms with Gasteiger partial charge < -0.3 is 9.80 Å². The number of carbonyl (C=O) groups is 3. The third kappa shape index (κ3) is 2.67. The molecule has 9 nitrogen and oxygen atoms in total. The van der Waals surface area contributed by atoms with Gasteiger partial charge in [0.05, 0.1) is 0 Å². The Kier molecular flexibility index (Phi) is 4.33. The molecule has 0 atom stereocenters. The summed E-state index contributed by atoms with van der Waals surface area (Å²) in [7, 11) is 3.11. The van der Waals surface area contributed by atoms with Crippen molar-refractivity contribution in [3.8, 4) is 0 Å². The molecule has 1 aromatic rings. The standard InChI is InChI=1S/C17H23N5O4/c1-11-9-12(2)22(15(25)18-11)10-13(23)21-7-5-17(6-8-21)14(24)19(3)16(26)20(17)4/h9H,5-8,10H2,1-4H3. The van der Waals surface area contributed by atoms with E-state index in [-0.39, 0.29) is 24.4 Å². The first-order valence-corrected chi connectivity index (χ1v) is 8.56. The van der Waals surface area contributed by atoms with E-state index in [1.54, 1.807) is 31.9 Å². The number of carbonyl (C=O) groups excluding carboxylic acids is 3. The van der Waals surface area contributed by atoms with E-state index in [0.29, 0.717) is 37.3 Å². The quantitative estimate of drug-likeness (QED) is 0.677. The minimum Gasteiger partial charge on any atom is -0.341 e. The molecule has 0 aliphatic carbocycles. The van der Waals surface area contributed by atoms with Crippen LogP contribution >= 0.6 is 0 Å². The monoisotopic (exact) mass is 361 g/mol. The summed E-state index contributed by atoms with van der Waals surface area (Å²) in [6.07, 6.45) is 0.786. The molecule has 26 heavy (non-hydrogen) atoms. The Morgan fingerprint density at radius 1 is 1.15 bits per heavy atom. The van der Waals surface area contributed by atoms with Crippen molar-refractivity contribution in [1.82, 2.24) is 24.3 Å². The number of nitrogens with zero attached hydrogens (tertiary/aromatic N) is 5. The average molecular weight is 361 g/mol. The van der Waals surface area contributed by atoms with Gasteiger partial charge >= 0.3 is 11.7 Å². The molecule has 0 bridgehead atoms. The second-order valence-corrected chi connectivity index (χ2v) is 7.03. The molecule has 0 unspecified atom stereocenters. The van der Waals surface area contributed by atoms with Crippen molar-refractivity contribution in [3.05, 3.63) is 27.9 Å². The van der Waals surface area contributed by atoms with Crippen LogP contribution in [0.1, 0.15) is 24.2 Å². The molecule has 4 amide bonds. The van der Waals surface area contributed by atoms with Gasteiger partial charge in [0.25, 0.3) is 5.91 Å². The lowest BCUT2D eigenvalue weighted by Crippen LogP contribution is -2.56. The van der Waals surface area contributed by atoms with Gasteiger partial charge in [0.15, 0.2) is 0 Å². The van der Waals surface area contributed by atoms with Crippen molar-refractivity contribution in [1.29, 1.82) is 0 Å². The van der Waals surface area contributed by atoms with Crippen LogP contribution in [0.3, 0.4) is 0 Å². The van der Waals surface area contributed by atoms with Crippen molar-refractivity contribution in [2.75, 3.05) is 27.2 Å². The van der Waals surface area contributed by atoms with E-state index < -0.39 is 11.2 Å². The molecule has 1 aromatic heterocycles. The Balaban J connectivity index is 1.71. The van der Waals surface area contributed by atoms with Gasteiger partial charge in [-0.25, -0.2) is 9.59 Å². The minimum atomic E-state index is -0.860. The van der Waals surface area contributed by atoms with Crippen LogP contribution < -0.4 is 5.69 Å². The molecule has 9 heteroatoms. The summed E-state index contributed by atoms with van der Waals surface area (Å²) < 4.78 is 1.35. The fourth-order valence-electron chi connectivity index (χ4n) is 3.83. The summed E-state index contributed by atoms with van der Waals surface area (Å²) in [6, 6.07) is 1.44. The summed E-state index contributed by atoms with van der Waals surface area (Å²) >= 11 is 0. The topological polar surface area (TPSA) is 95.8 Å². The number of rotatable bonds is 2. The van der Waals surface area contributed by atoms with E-state index >= 15 is 0 Å². The third-order valence-electron chi connectivity index (χ3n) is 5.50. The van der Waals surface area contributed by atoms with Gasteiger partial charge in [-0.1, -0.05) is 0 Å². The lowest BCUT2D eigenvalue weighted by molar-refractivity contribution is -0.140. The fraction of sp³-hybridized carbons (Fsp3) is 0.588. The van der Waals surface area contributed by atoms with Gasteiger partial charge in [-0.2, -0.15) is 4.98 Å². The maximum absolute atomic E-state index is 12.6. The predicted molar refractivity (Wildman–Crippen MR) is 92.4 cm³/mol. The summed E-state index contributed by atoms with van der Waals surface area (Å²) in [5.74, 6) is -0.407. The van der Waals surface area contributed by atoms with E-state index in [4.69, 9.17) is 0 Å². The zero-order valence-corrected chi connectivity index (χ0v) is 15.5. The van der Waals surface area contributed by atoms with Gasteiger partial charge in [0, 0.05) is 38.6 Å². The van der Waals surface area contributed by atoms with Crippen molar-refractivity contribution in [2.45, 2.75) is 38.8 Å². The van der Waals surface area contributed by atoms with Crippen LogP contribution in [0.5, 0.6) is 0 Å². The molecule has 0 aromatic carbocycles. The van der Waals surface area contributed by atoms with E-state index in [1.807, 2.05) is 0 Å². The lowest BCUT2D eigenvalue weighted by Gasteiger charge is -2.40. The van der Waals surface area contributed by atoms with Crippen molar-refractivity contribution in [2.24, 2.45) is 0 Å². The Morgan fingerprint density at radius 3 is 2.27 bits per heavy atom. The van der Waals surface area contributed by atoms with Crippen LogP contribution in [0, 0.1) is 13.8 Å². The van der Waals surface area contributed by atoms with Crippen LogP contribution in [0.4, 0.5) is 4.79 Å². The smallest absolute Gasteiger partial charge is 0.341 e. The van der Waals surface area contributed by atoms with Crippen LogP contribution in [0.2, 0.25) is 0 Å². The second-order valence-electron chi connectivity index (χ2n) is 7.03. The summed E-state index contributed by atoms with van der Waals surface area (Å²) in [5, 5.41) is 0. The molecule has 140 valence electrons. The first-order chi connectivity index (χ1) is 12.2. The molecule has 1 spiro atoms. The highest BCUT2D eigenvalue weighted by Gasteiger charge is 2.55. The number of amides is 4. The summed E-state index contributed by atoms with van der Waals surface area (Å²) in [5.41, 5.74) is -0.00182. The zero-order valence-electron chi connectivity index (χ0n) is 15.5. The number of imide groups is 1. The number of urea groups is 1. The maximum atomic E-state index is 12.6. The van der Waals surface area contributed by atoms with Crippen LogP contribution in [0.15, 0.2) is 10.9 Å². The molecule has 0 saturated carbocycles. The zero-order chi connectivity index (χ0) is 19.2. The van der Waals surface area contributed by atoms with E-state index in [9.17, 15) is 19.2 Å². The Hall–Kier alpha value is -2.71. The fourth-order valence-corrected chi connectivity index (χ4v) is 3.83. The Morgan fingerprint density at radius 2 is 1.77 bits per heavy atom. The second kappa shape index (κ2) is 6.22. The maximum Gasteiger partial charge on any atom is 0.348 e. The van der Waals surface area contributed by atoms with Crippen LogP contribution in [0.25, 0.3) is 0 Å². The highest BCUT2D eigenvalue weighted by atomic mass is 16.2. The number of hydrogen-bond acceptors (Lipinski definition) is 5. The summed E-state index contributed by atoms with van der Waals surface area (Å²) in [4.78, 5) is 57.3. The molecule has 3 heterocycles. The molecular weight excluding hydrogens is 338 g/mol. The normalized spacial score (nSPS) is 19.6. The molecule has 2 fully saturated rings.